The van der Waals surface area contributed by atoms with E-state index in [4.69, 9.17) is 16.3 Å². The maximum absolute atomic E-state index is 6.04. The van der Waals surface area contributed by atoms with Crippen molar-refractivity contribution >= 4 is 33.2 Å². The molecule has 0 aliphatic rings. The lowest BCUT2D eigenvalue weighted by Gasteiger charge is -2.10. The maximum atomic E-state index is 6.04. The molecule has 0 radical (unpaired) electrons. The Morgan fingerprint density at radius 2 is 2.00 bits per heavy atom. The summed E-state index contributed by atoms with van der Waals surface area (Å²) in [5.74, 6) is 0.883. The van der Waals surface area contributed by atoms with Gasteiger partial charge in [0.1, 0.15) is 5.75 Å². The van der Waals surface area contributed by atoms with Crippen molar-refractivity contribution in [3.8, 4) is 5.75 Å². The summed E-state index contributed by atoms with van der Waals surface area (Å²) in [6.45, 7) is 0.696. The van der Waals surface area contributed by atoms with Crippen LogP contribution in [-0.4, -0.2) is 7.11 Å². The van der Waals surface area contributed by atoms with Crippen LogP contribution in [0.3, 0.4) is 0 Å². The van der Waals surface area contributed by atoms with Gasteiger partial charge in [0.15, 0.2) is 0 Å². The van der Waals surface area contributed by atoms with Crippen molar-refractivity contribution in [2.45, 2.75) is 6.54 Å². The normalized spacial score (nSPS) is 10.2. The molecule has 0 aromatic heterocycles. The van der Waals surface area contributed by atoms with Crippen LogP contribution in [0.4, 0.5) is 5.69 Å². The highest BCUT2D eigenvalue weighted by atomic mass is 79.9. The van der Waals surface area contributed by atoms with Crippen LogP contribution in [0.15, 0.2) is 46.9 Å². The molecule has 0 saturated heterocycles. The first-order valence-corrected chi connectivity index (χ1v) is 6.68. The van der Waals surface area contributed by atoms with Gasteiger partial charge in [-0.25, -0.2) is 0 Å². The molecule has 0 unspecified atom stereocenters. The van der Waals surface area contributed by atoms with E-state index in [-0.39, 0.29) is 0 Å². The van der Waals surface area contributed by atoms with Crippen molar-refractivity contribution < 1.29 is 4.74 Å². The molecule has 2 aromatic rings. The zero-order valence-electron chi connectivity index (χ0n) is 9.91. The number of halogens is 2. The molecule has 0 heterocycles. The van der Waals surface area contributed by atoms with E-state index < -0.39 is 0 Å². The number of hydrogen-bond acceptors (Lipinski definition) is 2. The van der Waals surface area contributed by atoms with E-state index >= 15 is 0 Å². The minimum atomic E-state index is 0.694. The molecular weight excluding hydrogens is 314 g/mol. The number of ether oxygens (including phenoxy) is 1. The van der Waals surface area contributed by atoms with Gasteiger partial charge in [-0.1, -0.05) is 29.8 Å². The molecule has 0 aliphatic carbocycles. The fourth-order valence-electron chi connectivity index (χ4n) is 1.65. The predicted octanol–water partition coefficient (Wildman–Crippen LogP) is 4.72. The van der Waals surface area contributed by atoms with Crippen molar-refractivity contribution in [1.82, 2.24) is 0 Å². The van der Waals surface area contributed by atoms with Gasteiger partial charge < -0.3 is 10.1 Å². The Bertz CT molecular complexity index is 545. The number of benzene rings is 2. The molecule has 18 heavy (non-hydrogen) atoms. The maximum Gasteiger partial charge on any atom is 0.123 e. The summed E-state index contributed by atoms with van der Waals surface area (Å²) in [4.78, 5) is 0. The van der Waals surface area contributed by atoms with Crippen LogP contribution in [-0.2, 0) is 6.54 Å². The van der Waals surface area contributed by atoms with Crippen LogP contribution < -0.4 is 10.1 Å². The second-order valence-corrected chi connectivity index (χ2v) is 5.06. The van der Waals surface area contributed by atoms with Crippen molar-refractivity contribution in [2.24, 2.45) is 0 Å². The highest BCUT2D eigenvalue weighted by Crippen LogP contribution is 2.26. The average molecular weight is 327 g/mol. The van der Waals surface area contributed by atoms with Crippen LogP contribution in [0.1, 0.15) is 5.56 Å². The second kappa shape index (κ2) is 6.12. The lowest BCUT2D eigenvalue weighted by atomic mass is 10.2. The molecule has 1 N–H and O–H groups in total. The largest absolute Gasteiger partial charge is 0.496 e. The van der Waals surface area contributed by atoms with Gasteiger partial charge in [-0.2, -0.15) is 0 Å². The smallest absolute Gasteiger partial charge is 0.123 e. The van der Waals surface area contributed by atoms with Gasteiger partial charge >= 0.3 is 0 Å². The molecule has 2 nitrogen and oxygen atoms in total. The zero-order chi connectivity index (χ0) is 13.0. The first-order chi connectivity index (χ1) is 8.70. The standard InChI is InChI=1S/C14H13BrClNO/c1-18-14-5-3-2-4-10(14)9-17-11-6-7-12(15)13(16)8-11/h2-8,17H,9H2,1H3. The van der Waals surface area contributed by atoms with Crippen molar-refractivity contribution in [3.05, 3.63) is 57.5 Å². The molecule has 2 rings (SSSR count). The summed E-state index contributed by atoms with van der Waals surface area (Å²) in [6.07, 6.45) is 0. The minimum absolute atomic E-state index is 0.694. The van der Waals surface area contributed by atoms with Gasteiger partial charge in [-0.05, 0) is 40.2 Å². The summed E-state index contributed by atoms with van der Waals surface area (Å²) >= 11 is 9.41. The van der Waals surface area contributed by atoms with Gasteiger partial charge in [0.2, 0.25) is 0 Å². The number of nitrogens with one attached hydrogen (secondary N) is 1. The molecule has 0 fully saturated rings. The Morgan fingerprint density at radius 3 is 2.72 bits per heavy atom. The van der Waals surface area contributed by atoms with E-state index in [9.17, 15) is 0 Å². The zero-order valence-corrected chi connectivity index (χ0v) is 12.3. The summed E-state index contributed by atoms with van der Waals surface area (Å²) in [6, 6.07) is 13.7. The van der Waals surface area contributed by atoms with E-state index in [1.807, 2.05) is 42.5 Å². The molecule has 0 amide bonds. The Morgan fingerprint density at radius 1 is 1.22 bits per heavy atom. The third-order valence-corrected chi connectivity index (χ3v) is 3.83. The molecule has 0 aliphatic heterocycles. The predicted molar refractivity (Wildman–Crippen MR) is 79.5 cm³/mol. The van der Waals surface area contributed by atoms with Gasteiger partial charge in [-0.15, -0.1) is 0 Å². The summed E-state index contributed by atoms with van der Waals surface area (Å²) in [5, 5.41) is 4.01. The quantitative estimate of drug-likeness (QED) is 0.877. The molecule has 0 saturated carbocycles. The van der Waals surface area contributed by atoms with Crippen molar-refractivity contribution in [1.29, 1.82) is 0 Å². The van der Waals surface area contributed by atoms with E-state index in [1.54, 1.807) is 7.11 Å². The Labute approximate surface area is 120 Å². The highest BCUT2D eigenvalue weighted by molar-refractivity contribution is 9.10. The third-order valence-electron chi connectivity index (χ3n) is 2.60. The van der Waals surface area contributed by atoms with Gasteiger partial charge in [0.05, 0.1) is 12.1 Å². The number of methoxy groups -OCH3 is 1. The molecule has 0 atom stereocenters. The number of para-hydroxylation sites is 1. The molecule has 4 heteroatoms. The lowest BCUT2D eigenvalue weighted by Crippen LogP contribution is -2.01. The number of anilines is 1. The van der Waals surface area contributed by atoms with Gasteiger partial charge in [-0.3, -0.25) is 0 Å². The van der Waals surface area contributed by atoms with Crippen LogP contribution in [0.5, 0.6) is 5.75 Å². The fourth-order valence-corrected chi connectivity index (χ4v) is 2.08. The second-order valence-electron chi connectivity index (χ2n) is 3.79. The topological polar surface area (TPSA) is 21.3 Å². The van der Waals surface area contributed by atoms with E-state index in [2.05, 4.69) is 21.2 Å². The Balaban J connectivity index is 2.09. The Kier molecular flexibility index (Phi) is 4.50. The molecular formula is C14H13BrClNO. The monoisotopic (exact) mass is 325 g/mol. The van der Waals surface area contributed by atoms with Crippen molar-refractivity contribution in [2.75, 3.05) is 12.4 Å². The van der Waals surface area contributed by atoms with Crippen LogP contribution in [0, 0.1) is 0 Å². The van der Waals surface area contributed by atoms with Crippen LogP contribution in [0.2, 0.25) is 5.02 Å². The van der Waals surface area contributed by atoms with Crippen LogP contribution in [0.25, 0.3) is 0 Å². The summed E-state index contributed by atoms with van der Waals surface area (Å²) in [5.41, 5.74) is 2.09. The summed E-state index contributed by atoms with van der Waals surface area (Å²) in [7, 11) is 1.68. The molecule has 94 valence electrons. The highest BCUT2D eigenvalue weighted by Gasteiger charge is 2.02. The van der Waals surface area contributed by atoms with E-state index in [0.717, 1.165) is 21.5 Å². The Hall–Kier alpha value is -1.19. The third kappa shape index (κ3) is 3.18. The van der Waals surface area contributed by atoms with Crippen LogP contribution >= 0.6 is 27.5 Å². The van der Waals surface area contributed by atoms with Gasteiger partial charge in [0, 0.05) is 22.3 Å². The lowest BCUT2D eigenvalue weighted by molar-refractivity contribution is 0.410. The first kappa shape index (κ1) is 13.2. The average Bonchev–Trinajstić information content (AvgIpc) is 2.40. The SMILES string of the molecule is COc1ccccc1CNc1ccc(Br)c(Cl)c1. The molecule has 2 aromatic carbocycles. The first-order valence-electron chi connectivity index (χ1n) is 5.51. The number of rotatable bonds is 4. The number of hydrogen-bond donors (Lipinski definition) is 1. The van der Waals surface area contributed by atoms with E-state index in [1.165, 1.54) is 0 Å². The molecule has 0 bridgehead atoms. The summed E-state index contributed by atoms with van der Waals surface area (Å²) < 4.78 is 6.20. The minimum Gasteiger partial charge on any atom is -0.496 e. The van der Waals surface area contributed by atoms with E-state index in [0.29, 0.717) is 11.6 Å². The van der Waals surface area contributed by atoms with Crippen molar-refractivity contribution in [3.63, 3.8) is 0 Å². The molecule has 0 spiro atoms. The fraction of sp³-hybridized carbons (Fsp3) is 0.143. The van der Waals surface area contributed by atoms with Gasteiger partial charge in [0.25, 0.3) is 0 Å².